The monoisotopic (exact) mass is 313 g/mol. The number of anilines is 1. The molecule has 0 bridgehead atoms. The molecule has 5 nitrogen and oxygen atoms in total. The minimum Gasteiger partial charge on any atom is -0.478 e. The Morgan fingerprint density at radius 3 is 2.82 bits per heavy atom. The number of hydrogen-bond acceptors (Lipinski definition) is 5. The Kier molecular flexibility index (Phi) is 3.77. The largest absolute Gasteiger partial charge is 0.478 e. The number of carboxylic acids is 1. The summed E-state index contributed by atoms with van der Waals surface area (Å²) in [6, 6.07) is 5.96. The van der Waals surface area contributed by atoms with Gasteiger partial charge in [0.2, 0.25) is 0 Å². The van der Waals surface area contributed by atoms with Gasteiger partial charge in [-0.05, 0) is 26.0 Å². The number of thiophene rings is 1. The van der Waals surface area contributed by atoms with E-state index in [4.69, 9.17) is 0 Å². The molecule has 112 valence electrons. The number of aromatic carboxylic acids is 1. The molecule has 0 amide bonds. The molecule has 0 aliphatic rings. The highest BCUT2D eigenvalue weighted by Crippen LogP contribution is 2.37. The Bertz CT molecular complexity index is 828. The second kappa shape index (κ2) is 5.73. The van der Waals surface area contributed by atoms with Crippen molar-refractivity contribution >= 4 is 33.2 Å². The normalized spacial score (nSPS) is 11.0. The van der Waals surface area contributed by atoms with Crippen molar-refractivity contribution in [3.63, 3.8) is 0 Å². The van der Waals surface area contributed by atoms with Gasteiger partial charge in [-0.1, -0.05) is 6.07 Å². The predicted octanol–water partition coefficient (Wildman–Crippen LogP) is 3.88. The van der Waals surface area contributed by atoms with Crippen LogP contribution in [0.25, 0.3) is 20.7 Å². The predicted molar refractivity (Wildman–Crippen MR) is 88.6 cm³/mol. The van der Waals surface area contributed by atoms with E-state index in [1.807, 2.05) is 32.0 Å². The fourth-order valence-corrected chi connectivity index (χ4v) is 3.25. The topological polar surface area (TPSA) is 75.1 Å². The molecule has 3 aromatic heterocycles. The fourth-order valence-electron chi connectivity index (χ4n) is 2.25. The zero-order valence-electron chi connectivity index (χ0n) is 12.2. The lowest BCUT2D eigenvalue weighted by molar-refractivity contribution is 0.0697. The van der Waals surface area contributed by atoms with Crippen LogP contribution < -0.4 is 5.32 Å². The molecule has 0 spiro atoms. The number of fused-ring (bicyclic) bond motifs is 1. The van der Waals surface area contributed by atoms with Crippen LogP contribution in [0.3, 0.4) is 0 Å². The summed E-state index contributed by atoms with van der Waals surface area (Å²) in [5, 5.41) is 13.4. The summed E-state index contributed by atoms with van der Waals surface area (Å²) in [4.78, 5) is 21.7. The van der Waals surface area contributed by atoms with Crippen LogP contribution in [-0.2, 0) is 0 Å². The van der Waals surface area contributed by atoms with Crippen LogP contribution in [0.4, 0.5) is 5.69 Å². The van der Waals surface area contributed by atoms with Crippen LogP contribution in [0.15, 0.2) is 36.8 Å². The first kappa shape index (κ1) is 14.5. The minimum absolute atomic E-state index is 0.130. The lowest BCUT2D eigenvalue weighted by Crippen LogP contribution is -2.14. The summed E-state index contributed by atoms with van der Waals surface area (Å²) in [7, 11) is 0. The highest BCUT2D eigenvalue weighted by Gasteiger charge is 2.17. The summed E-state index contributed by atoms with van der Waals surface area (Å²) in [5.74, 6) is -0.980. The second-order valence-electron chi connectivity index (χ2n) is 5.22. The van der Waals surface area contributed by atoms with Crippen LogP contribution in [0.2, 0.25) is 0 Å². The third-order valence-electron chi connectivity index (χ3n) is 3.17. The van der Waals surface area contributed by atoms with E-state index in [1.165, 1.54) is 17.5 Å². The summed E-state index contributed by atoms with van der Waals surface area (Å²) < 4.78 is 0. The first-order chi connectivity index (χ1) is 10.6. The van der Waals surface area contributed by atoms with Gasteiger partial charge in [0.1, 0.15) is 10.4 Å². The number of nitrogens with zero attached hydrogens (tertiary/aromatic N) is 2. The highest BCUT2D eigenvalue weighted by atomic mass is 32.1. The molecule has 0 unspecified atom stereocenters. The van der Waals surface area contributed by atoms with Gasteiger partial charge < -0.3 is 10.4 Å². The molecule has 3 rings (SSSR count). The quantitative estimate of drug-likeness (QED) is 0.764. The fraction of sp³-hybridized carbons (Fsp3) is 0.188. The van der Waals surface area contributed by atoms with Gasteiger partial charge in [0, 0.05) is 40.5 Å². The number of rotatable bonds is 4. The molecule has 0 radical (unpaired) electrons. The third-order valence-corrected chi connectivity index (χ3v) is 4.26. The smallest absolute Gasteiger partial charge is 0.339 e. The Morgan fingerprint density at radius 1 is 1.36 bits per heavy atom. The first-order valence-electron chi connectivity index (χ1n) is 6.89. The number of carboxylic acid groups (broad SMARTS) is 1. The van der Waals surface area contributed by atoms with Crippen LogP contribution in [0.1, 0.15) is 24.2 Å². The molecule has 2 N–H and O–H groups in total. The van der Waals surface area contributed by atoms with Crippen LogP contribution >= 0.6 is 11.3 Å². The maximum absolute atomic E-state index is 11.4. The minimum atomic E-state index is -0.980. The zero-order chi connectivity index (χ0) is 15.7. The van der Waals surface area contributed by atoms with Gasteiger partial charge in [0.15, 0.2) is 0 Å². The molecule has 3 aromatic rings. The summed E-state index contributed by atoms with van der Waals surface area (Å²) in [6.07, 6.45) is 4.93. The molecule has 0 saturated carbocycles. The molecule has 6 heteroatoms. The van der Waals surface area contributed by atoms with Crippen molar-refractivity contribution in [2.24, 2.45) is 0 Å². The molecule has 22 heavy (non-hydrogen) atoms. The first-order valence-corrected chi connectivity index (χ1v) is 7.70. The van der Waals surface area contributed by atoms with Gasteiger partial charge in [-0.15, -0.1) is 11.3 Å². The number of pyridine rings is 2. The molecule has 0 aliphatic carbocycles. The third kappa shape index (κ3) is 2.65. The van der Waals surface area contributed by atoms with E-state index < -0.39 is 5.97 Å². The van der Waals surface area contributed by atoms with Crippen LogP contribution in [0.5, 0.6) is 0 Å². The van der Waals surface area contributed by atoms with Crippen LogP contribution in [-0.4, -0.2) is 27.1 Å². The maximum atomic E-state index is 11.4. The average Bonchev–Trinajstić information content (AvgIpc) is 2.92. The van der Waals surface area contributed by atoms with Crippen molar-refractivity contribution in [2.75, 3.05) is 5.32 Å². The highest BCUT2D eigenvalue weighted by molar-refractivity contribution is 7.21. The van der Waals surface area contributed by atoms with E-state index in [0.29, 0.717) is 5.69 Å². The summed E-state index contributed by atoms with van der Waals surface area (Å²) in [5.41, 5.74) is 1.81. The van der Waals surface area contributed by atoms with E-state index in [0.717, 1.165) is 20.7 Å². The molecule has 0 aromatic carbocycles. The maximum Gasteiger partial charge on any atom is 0.339 e. The van der Waals surface area contributed by atoms with E-state index in [2.05, 4.69) is 15.3 Å². The van der Waals surface area contributed by atoms with Gasteiger partial charge in [0.25, 0.3) is 0 Å². The SMILES string of the molecule is CC(C)Nc1c(C(=O)O)cnc2sc(-c3cccnc3)cc12. The molecular formula is C16H15N3O2S. The van der Waals surface area contributed by atoms with Crippen LogP contribution in [0, 0.1) is 0 Å². The number of aromatic nitrogens is 2. The van der Waals surface area contributed by atoms with Gasteiger partial charge in [-0.2, -0.15) is 0 Å². The molecule has 0 saturated heterocycles. The standard InChI is InChI=1S/C16H15N3O2S/c1-9(2)19-14-11-6-13(10-4-3-5-17-7-10)22-15(11)18-8-12(14)16(20)21/h3-9H,1-2H3,(H,18,19)(H,20,21). The van der Waals surface area contributed by atoms with E-state index in [-0.39, 0.29) is 11.6 Å². The van der Waals surface area contributed by atoms with E-state index in [9.17, 15) is 9.90 Å². The Morgan fingerprint density at radius 2 is 2.18 bits per heavy atom. The molecule has 0 atom stereocenters. The van der Waals surface area contributed by atoms with Crippen molar-refractivity contribution in [3.8, 4) is 10.4 Å². The Labute approximate surface area is 131 Å². The van der Waals surface area contributed by atoms with Crippen molar-refractivity contribution < 1.29 is 9.90 Å². The van der Waals surface area contributed by atoms with Crippen molar-refractivity contribution in [1.29, 1.82) is 0 Å². The Balaban J connectivity index is 2.21. The number of hydrogen-bond donors (Lipinski definition) is 2. The lowest BCUT2D eigenvalue weighted by Gasteiger charge is -2.13. The Hall–Kier alpha value is -2.47. The number of nitrogens with one attached hydrogen (secondary N) is 1. The zero-order valence-corrected chi connectivity index (χ0v) is 13.0. The average molecular weight is 313 g/mol. The molecule has 0 aliphatic heterocycles. The van der Waals surface area contributed by atoms with E-state index >= 15 is 0 Å². The number of carbonyl (C=O) groups is 1. The van der Waals surface area contributed by atoms with Gasteiger partial charge in [-0.3, -0.25) is 4.98 Å². The molecular weight excluding hydrogens is 298 g/mol. The molecule has 3 heterocycles. The van der Waals surface area contributed by atoms with Crippen molar-refractivity contribution in [1.82, 2.24) is 9.97 Å². The van der Waals surface area contributed by atoms with Gasteiger partial charge >= 0.3 is 5.97 Å². The molecule has 0 fully saturated rings. The van der Waals surface area contributed by atoms with Gasteiger partial charge in [0.05, 0.1) is 5.69 Å². The second-order valence-corrected chi connectivity index (χ2v) is 6.25. The summed E-state index contributed by atoms with van der Waals surface area (Å²) >= 11 is 1.53. The van der Waals surface area contributed by atoms with Crippen molar-refractivity contribution in [2.45, 2.75) is 19.9 Å². The lowest BCUT2D eigenvalue weighted by atomic mass is 10.1. The van der Waals surface area contributed by atoms with Crippen molar-refractivity contribution in [3.05, 3.63) is 42.4 Å². The summed E-state index contributed by atoms with van der Waals surface area (Å²) in [6.45, 7) is 3.96. The van der Waals surface area contributed by atoms with Gasteiger partial charge in [-0.25, -0.2) is 9.78 Å². The van der Waals surface area contributed by atoms with E-state index in [1.54, 1.807) is 12.4 Å².